The Bertz CT molecular complexity index is 795. The predicted molar refractivity (Wildman–Crippen MR) is 102 cm³/mol. The third-order valence-electron chi connectivity index (χ3n) is 4.68. The van der Waals surface area contributed by atoms with E-state index in [0.717, 1.165) is 31.2 Å². The summed E-state index contributed by atoms with van der Waals surface area (Å²) >= 11 is 6.15. The molecule has 1 aliphatic rings. The SMILES string of the molecule is N#Cc1ccc(Cl)cc1N(C(=O)OCc1ccccc1)C1CCCCC1. The van der Waals surface area contributed by atoms with E-state index in [4.69, 9.17) is 16.3 Å². The van der Waals surface area contributed by atoms with Gasteiger partial charge in [0.1, 0.15) is 12.7 Å². The van der Waals surface area contributed by atoms with Crippen molar-refractivity contribution in [3.63, 3.8) is 0 Å². The quantitative estimate of drug-likeness (QED) is 0.696. The number of hydrogen-bond donors (Lipinski definition) is 0. The summed E-state index contributed by atoms with van der Waals surface area (Å²) in [6, 6.07) is 16.8. The van der Waals surface area contributed by atoms with Crippen LogP contribution in [0, 0.1) is 11.3 Å². The normalized spacial score (nSPS) is 14.5. The van der Waals surface area contributed by atoms with Gasteiger partial charge in [0.2, 0.25) is 0 Å². The highest BCUT2D eigenvalue weighted by Crippen LogP contribution is 2.32. The van der Waals surface area contributed by atoms with Crippen molar-refractivity contribution in [2.24, 2.45) is 0 Å². The molecule has 1 amide bonds. The summed E-state index contributed by atoms with van der Waals surface area (Å²) in [7, 11) is 0. The summed E-state index contributed by atoms with van der Waals surface area (Å²) in [6.45, 7) is 0.200. The molecule has 5 heteroatoms. The largest absolute Gasteiger partial charge is 0.444 e. The predicted octanol–water partition coefficient (Wildman–Crippen LogP) is 5.69. The Balaban J connectivity index is 1.87. The summed E-state index contributed by atoms with van der Waals surface area (Å²) in [5, 5.41) is 9.97. The lowest BCUT2D eigenvalue weighted by atomic mass is 9.93. The molecule has 0 saturated heterocycles. The number of halogens is 1. The molecule has 26 heavy (non-hydrogen) atoms. The number of carbonyl (C=O) groups excluding carboxylic acids is 1. The molecule has 4 nitrogen and oxygen atoms in total. The zero-order valence-corrected chi connectivity index (χ0v) is 15.3. The van der Waals surface area contributed by atoms with Crippen molar-refractivity contribution in [3.05, 3.63) is 64.7 Å². The Morgan fingerprint density at radius 1 is 1.15 bits per heavy atom. The molecule has 0 N–H and O–H groups in total. The monoisotopic (exact) mass is 368 g/mol. The van der Waals surface area contributed by atoms with Crippen molar-refractivity contribution in [2.45, 2.75) is 44.8 Å². The molecular formula is C21H21ClN2O2. The Hall–Kier alpha value is -2.51. The van der Waals surface area contributed by atoms with Gasteiger partial charge < -0.3 is 4.74 Å². The fourth-order valence-corrected chi connectivity index (χ4v) is 3.54. The van der Waals surface area contributed by atoms with Gasteiger partial charge in [0.05, 0.1) is 11.3 Å². The zero-order valence-electron chi connectivity index (χ0n) is 14.5. The molecule has 0 heterocycles. The molecule has 0 unspecified atom stereocenters. The minimum absolute atomic E-state index is 0.0255. The van der Waals surface area contributed by atoms with Gasteiger partial charge in [0.15, 0.2) is 0 Å². The van der Waals surface area contributed by atoms with Crippen LogP contribution in [0.25, 0.3) is 0 Å². The maximum absolute atomic E-state index is 12.9. The molecular weight excluding hydrogens is 348 g/mol. The molecule has 1 aliphatic carbocycles. The summed E-state index contributed by atoms with van der Waals surface area (Å²) in [4.78, 5) is 14.6. The van der Waals surface area contributed by atoms with Crippen LogP contribution in [0.15, 0.2) is 48.5 Å². The number of benzene rings is 2. The first-order valence-electron chi connectivity index (χ1n) is 8.88. The standard InChI is InChI=1S/C21H21ClN2O2/c22-18-12-11-17(14-23)20(13-18)24(19-9-5-2-6-10-19)21(25)26-15-16-7-3-1-4-8-16/h1,3-4,7-8,11-13,19H,2,5-6,9-10,15H2. The Labute approximate surface area is 158 Å². The van der Waals surface area contributed by atoms with Crippen LogP contribution < -0.4 is 4.90 Å². The van der Waals surface area contributed by atoms with Crippen molar-refractivity contribution < 1.29 is 9.53 Å². The molecule has 0 aliphatic heterocycles. The van der Waals surface area contributed by atoms with E-state index in [-0.39, 0.29) is 12.6 Å². The lowest BCUT2D eigenvalue weighted by Crippen LogP contribution is -2.42. The third kappa shape index (κ3) is 4.36. The van der Waals surface area contributed by atoms with Crippen LogP contribution in [-0.4, -0.2) is 12.1 Å². The summed E-state index contributed by atoms with van der Waals surface area (Å²) < 4.78 is 5.57. The van der Waals surface area contributed by atoms with Crippen molar-refractivity contribution in [1.82, 2.24) is 0 Å². The van der Waals surface area contributed by atoms with Gasteiger partial charge in [-0.3, -0.25) is 4.90 Å². The molecule has 1 saturated carbocycles. The van der Waals surface area contributed by atoms with Crippen LogP contribution in [0.2, 0.25) is 5.02 Å². The summed E-state index contributed by atoms with van der Waals surface area (Å²) in [5.41, 5.74) is 1.89. The van der Waals surface area contributed by atoms with Gasteiger partial charge in [-0.2, -0.15) is 5.26 Å². The fraction of sp³-hybridized carbons (Fsp3) is 0.333. The van der Waals surface area contributed by atoms with E-state index in [1.165, 1.54) is 6.42 Å². The first-order valence-corrected chi connectivity index (χ1v) is 9.26. The molecule has 0 bridgehead atoms. The van der Waals surface area contributed by atoms with E-state index < -0.39 is 6.09 Å². The van der Waals surface area contributed by atoms with E-state index in [1.54, 1.807) is 23.1 Å². The molecule has 0 atom stereocenters. The van der Waals surface area contributed by atoms with E-state index in [9.17, 15) is 10.1 Å². The number of hydrogen-bond acceptors (Lipinski definition) is 3. The Morgan fingerprint density at radius 3 is 2.58 bits per heavy atom. The van der Waals surface area contributed by atoms with Crippen LogP contribution in [0.5, 0.6) is 0 Å². The molecule has 3 rings (SSSR count). The van der Waals surface area contributed by atoms with Gasteiger partial charge in [-0.1, -0.05) is 61.2 Å². The second-order valence-electron chi connectivity index (χ2n) is 6.48. The number of rotatable bonds is 4. The van der Waals surface area contributed by atoms with Gasteiger partial charge in [0, 0.05) is 11.1 Å². The summed E-state index contributed by atoms with van der Waals surface area (Å²) in [5.74, 6) is 0. The first-order chi connectivity index (χ1) is 12.7. The molecule has 1 fully saturated rings. The number of ether oxygens (including phenoxy) is 1. The number of carbonyl (C=O) groups is 1. The number of nitriles is 1. The van der Waals surface area contributed by atoms with Crippen molar-refractivity contribution in [1.29, 1.82) is 5.26 Å². The van der Waals surface area contributed by atoms with Crippen molar-refractivity contribution in [2.75, 3.05) is 4.90 Å². The maximum atomic E-state index is 12.9. The van der Waals surface area contributed by atoms with Crippen LogP contribution in [0.3, 0.4) is 0 Å². The minimum atomic E-state index is -0.431. The molecule has 134 valence electrons. The highest BCUT2D eigenvalue weighted by molar-refractivity contribution is 6.31. The van der Waals surface area contributed by atoms with Crippen LogP contribution in [-0.2, 0) is 11.3 Å². The van der Waals surface area contributed by atoms with Crippen molar-refractivity contribution >= 4 is 23.4 Å². The molecule has 0 spiro atoms. The molecule has 0 radical (unpaired) electrons. The van der Waals surface area contributed by atoms with Crippen molar-refractivity contribution in [3.8, 4) is 6.07 Å². The smallest absolute Gasteiger partial charge is 0.414 e. The van der Waals surface area contributed by atoms with Gasteiger partial charge in [-0.15, -0.1) is 0 Å². The molecule has 2 aromatic rings. The number of amides is 1. The zero-order chi connectivity index (χ0) is 18.4. The Morgan fingerprint density at radius 2 is 1.88 bits per heavy atom. The van der Waals surface area contributed by atoms with Gasteiger partial charge in [-0.05, 0) is 36.6 Å². The number of anilines is 1. The number of nitrogens with zero attached hydrogens (tertiary/aromatic N) is 2. The fourth-order valence-electron chi connectivity index (χ4n) is 3.37. The highest BCUT2D eigenvalue weighted by atomic mass is 35.5. The molecule has 2 aromatic carbocycles. The minimum Gasteiger partial charge on any atom is -0.444 e. The van der Waals surface area contributed by atoms with E-state index in [2.05, 4.69) is 6.07 Å². The summed E-state index contributed by atoms with van der Waals surface area (Å²) in [6.07, 6.45) is 4.67. The first kappa shape index (κ1) is 18.3. The van der Waals surface area contributed by atoms with E-state index in [0.29, 0.717) is 16.3 Å². The average molecular weight is 369 g/mol. The lowest BCUT2D eigenvalue weighted by molar-refractivity contribution is 0.142. The van der Waals surface area contributed by atoms with Gasteiger partial charge in [-0.25, -0.2) is 4.79 Å². The lowest BCUT2D eigenvalue weighted by Gasteiger charge is -2.34. The maximum Gasteiger partial charge on any atom is 0.414 e. The topological polar surface area (TPSA) is 53.3 Å². The van der Waals surface area contributed by atoms with Gasteiger partial charge in [0.25, 0.3) is 0 Å². The molecule has 0 aromatic heterocycles. The second kappa shape index (κ2) is 8.73. The van der Waals surface area contributed by atoms with Crippen LogP contribution in [0.1, 0.15) is 43.2 Å². The van der Waals surface area contributed by atoms with Gasteiger partial charge >= 0.3 is 6.09 Å². The van der Waals surface area contributed by atoms with Crippen LogP contribution >= 0.6 is 11.6 Å². The third-order valence-corrected chi connectivity index (χ3v) is 4.92. The second-order valence-corrected chi connectivity index (χ2v) is 6.91. The Kier molecular flexibility index (Phi) is 6.14. The average Bonchev–Trinajstić information content (AvgIpc) is 2.68. The highest BCUT2D eigenvalue weighted by Gasteiger charge is 2.30. The van der Waals surface area contributed by atoms with E-state index >= 15 is 0 Å². The van der Waals surface area contributed by atoms with Crippen LogP contribution in [0.4, 0.5) is 10.5 Å². The van der Waals surface area contributed by atoms with E-state index in [1.807, 2.05) is 30.3 Å².